The first-order valence-electron chi connectivity index (χ1n) is 9.89. The van der Waals surface area contributed by atoms with E-state index in [1.807, 2.05) is 9.47 Å². The van der Waals surface area contributed by atoms with Crippen LogP contribution in [0.2, 0.25) is 0 Å². The number of hydrogen-bond acceptors (Lipinski definition) is 3. The molecule has 2 amide bonds. The quantitative estimate of drug-likeness (QED) is 0.806. The summed E-state index contributed by atoms with van der Waals surface area (Å²) in [5.74, 6) is 0.336. The van der Waals surface area contributed by atoms with Crippen molar-refractivity contribution in [2.45, 2.75) is 71.3 Å². The lowest BCUT2D eigenvalue weighted by Gasteiger charge is -2.27. The summed E-state index contributed by atoms with van der Waals surface area (Å²) >= 11 is 0. The van der Waals surface area contributed by atoms with Crippen LogP contribution in [0.4, 0.5) is 0 Å². The highest BCUT2D eigenvalue weighted by Crippen LogP contribution is 2.23. The van der Waals surface area contributed by atoms with Gasteiger partial charge >= 0.3 is 0 Å². The van der Waals surface area contributed by atoms with Crippen LogP contribution >= 0.6 is 0 Å². The maximum absolute atomic E-state index is 12.9. The third-order valence-electron chi connectivity index (χ3n) is 5.23. The standard InChI is InChI=1S/C19H30N4O2/c1-2-3-6-11-20-18(24)16-15-10-5-9-14-23(15)17(21-16)19(25)22-12-7-4-8-13-22/h2-14H2,1H3,(H,20,24). The molecule has 3 rings (SSSR count). The average Bonchev–Trinajstić information content (AvgIpc) is 3.05. The highest BCUT2D eigenvalue weighted by molar-refractivity contribution is 5.97. The van der Waals surface area contributed by atoms with E-state index < -0.39 is 0 Å². The fourth-order valence-corrected chi connectivity index (χ4v) is 3.79. The first kappa shape index (κ1) is 18.0. The Morgan fingerprint density at radius 3 is 2.56 bits per heavy atom. The molecule has 3 heterocycles. The Hall–Kier alpha value is -1.85. The van der Waals surface area contributed by atoms with Gasteiger partial charge in [0.1, 0.15) is 5.69 Å². The number of fused-ring (bicyclic) bond motifs is 1. The third-order valence-corrected chi connectivity index (χ3v) is 5.23. The van der Waals surface area contributed by atoms with Gasteiger partial charge in [-0.2, -0.15) is 0 Å². The number of likely N-dealkylation sites (tertiary alicyclic amines) is 1. The zero-order valence-corrected chi connectivity index (χ0v) is 15.4. The van der Waals surface area contributed by atoms with E-state index in [0.29, 0.717) is 18.1 Å². The van der Waals surface area contributed by atoms with Gasteiger partial charge in [-0.15, -0.1) is 0 Å². The van der Waals surface area contributed by atoms with E-state index in [1.54, 1.807) is 0 Å². The summed E-state index contributed by atoms with van der Waals surface area (Å²) in [6, 6.07) is 0. The van der Waals surface area contributed by atoms with Crippen molar-refractivity contribution in [3.8, 4) is 0 Å². The summed E-state index contributed by atoms with van der Waals surface area (Å²) in [6.45, 7) is 5.22. The molecule has 6 nitrogen and oxygen atoms in total. The number of amides is 2. The second-order valence-electron chi connectivity index (χ2n) is 7.16. The lowest BCUT2D eigenvalue weighted by Crippen LogP contribution is -2.37. The van der Waals surface area contributed by atoms with E-state index in [2.05, 4.69) is 17.2 Å². The van der Waals surface area contributed by atoms with Crippen molar-refractivity contribution in [1.29, 1.82) is 0 Å². The zero-order valence-electron chi connectivity index (χ0n) is 15.4. The van der Waals surface area contributed by atoms with E-state index in [0.717, 1.165) is 76.7 Å². The fraction of sp³-hybridized carbons (Fsp3) is 0.737. The Kier molecular flexibility index (Phi) is 6.10. The highest BCUT2D eigenvalue weighted by Gasteiger charge is 2.30. The van der Waals surface area contributed by atoms with Crippen LogP contribution in [0.25, 0.3) is 0 Å². The number of aromatic nitrogens is 2. The third kappa shape index (κ3) is 4.05. The average molecular weight is 346 g/mol. The summed E-state index contributed by atoms with van der Waals surface area (Å²) in [7, 11) is 0. The minimum atomic E-state index is -0.126. The zero-order chi connectivity index (χ0) is 17.6. The molecule has 1 aromatic rings. The predicted octanol–water partition coefficient (Wildman–Crippen LogP) is 2.77. The molecule has 138 valence electrons. The van der Waals surface area contributed by atoms with E-state index in [4.69, 9.17) is 0 Å². The first-order chi connectivity index (χ1) is 12.2. The number of nitrogens with one attached hydrogen (secondary N) is 1. The Morgan fingerprint density at radius 1 is 1.04 bits per heavy atom. The Morgan fingerprint density at radius 2 is 1.80 bits per heavy atom. The normalized spacial score (nSPS) is 17.2. The lowest BCUT2D eigenvalue weighted by molar-refractivity contribution is 0.0705. The largest absolute Gasteiger partial charge is 0.351 e. The van der Waals surface area contributed by atoms with Gasteiger partial charge < -0.3 is 14.8 Å². The van der Waals surface area contributed by atoms with Crippen molar-refractivity contribution < 1.29 is 9.59 Å². The number of carbonyl (C=O) groups is 2. The number of carbonyl (C=O) groups excluding carboxylic acids is 2. The van der Waals surface area contributed by atoms with Crippen LogP contribution in [0.1, 0.15) is 85.1 Å². The molecule has 0 saturated carbocycles. The molecular formula is C19H30N4O2. The smallest absolute Gasteiger partial charge is 0.289 e. The van der Waals surface area contributed by atoms with Gasteiger partial charge in [-0.25, -0.2) is 4.98 Å². The van der Waals surface area contributed by atoms with Crippen molar-refractivity contribution in [2.24, 2.45) is 0 Å². The maximum Gasteiger partial charge on any atom is 0.289 e. The van der Waals surface area contributed by atoms with Crippen molar-refractivity contribution in [2.75, 3.05) is 19.6 Å². The molecule has 1 aromatic heterocycles. The Balaban J connectivity index is 1.78. The molecule has 0 spiro atoms. The minimum Gasteiger partial charge on any atom is -0.351 e. The molecule has 1 N–H and O–H groups in total. The topological polar surface area (TPSA) is 67.2 Å². The molecular weight excluding hydrogens is 316 g/mol. The van der Waals surface area contributed by atoms with Gasteiger partial charge in [0.2, 0.25) is 0 Å². The van der Waals surface area contributed by atoms with Crippen molar-refractivity contribution in [1.82, 2.24) is 19.8 Å². The van der Waals surface area contributed by atoms with Gasteiger partial charge in [-0.3, -0.25) is 9.59 Å². The number of piperidine rings is 1. The van der Waals surface area contributed by atoms with E-state index in [1.165, 1.54) is 6.42 Å². The van der Waals surface area contributed by atoms with Gasteiger partial charge in [0.15, 0.2) is 5.82 Å². The van der Waals surface area contributed by atoms with Crippen molar-refractivity contribution in [3.05, 3.63) is 17.2 Å². The van der Waals surface area contributed by atoms with Crippen LogP contribution in [0.15, 0.2) is 0 Å². The Bertz CT molecular complexity index is 617. The molecule has 0 aliphatic carbocycles. The predicted molar refractivity (Wildman–Crippen MR) is 96.8 cm³/mol. The number of imidazole rings is 1. The van der Waals surface area contributed by atoms with Crippen LogP contribution in [0.5, 0.6) is 0 Å². The van der Waals surface area contributed by atoms with Crippen molar-refractivity contribution in [3.63, 3.8) is 0 Å². The number of rotatable bonds is 6. The van der Waals surface area contributed by atoms with Crippen LogP contribution in [0, 0.1) is 0 Å². The summed E-state index contributed by atoms with van der Waals surface area (Å²) in [6.07, 6.45) is 9.46. The van der Waals surface area contributed by atoms with Gasteiger partial charge in [0.05, 0.1) is 5.69 Å². The maximum atomic E-state index is 12.9. The number of hydrogen-bond donors (Lipinski definition) is 1. The molecule has 25 heavy (non-hydrogen) atoms. The van der Waals surface area contributed by atoms with Crippen LogP contribution in [-0.2, 0) is 13.0 Å². The summed E-state index contributed by atoms with van der Waals surface area (Å²) in [4.78, 5) is 31.9. The molecule has 2 aliphatic heterocycles. The minimum absolute atomic E-state index is 0.00659. The summed E-state index contributed by atoms with van der Waals surface area (Å²) in [5, 5.41) is 2.98. The van der Waals surface area contributed by atoms with Gasteiger partial charge in [-0.05, 0) is 44.9 Å². The van der Waals surface area contributed by atoms with Crippen LogP contribution in [0.3, 0.4) is 0 Å². The summed E-state index contributed by atoms with van der Waals surface area (Å²) < 4.78 is 2.00. The van der Waals surface area contributed by atoms with E-state index in [9.17, 15) is 9.59 Å². The second-order valence-corrected chi connectivity index (χ2v) is 7.16. The van der Waals surface area contributed by atoms with Gasteiger partial charge in [0.25, 0.3) is 11.8 Å². The Labute approximate surface area is 150 Å². The monoisotopic (exact) mass is 346 g/mol. The van der Waals surface area contributed by atoms with Crippen LogP contribution in [-0.4, -0.2) is 45.9 Å². The molecule has 0 atom stereocenters. The fourth-order valence-electron chi connectivity index (χ4n) is 3.79. The van der Waals surface area contributed by atoms with Crippen molar-refractivity contribution >= 4 is 11.8 Å². The molecule has 0 radical (unpaired) electrons. The van der Waals surface area contributed by atoms with Crippen LogP contribution < -0.4 is 5.32 Å². The van der Waals surface area contributed by atoms with Gasteiger partial charge in [-0.1, -0.05) is 19.8 Å². The molecule has 1 saturated heterocycles. The molecule has 6 heteroatoms. The highest BCUT2D eigenvalue weighted by atomic mass is 16.2. The molecule has 0 unspecified atom stereocenters. The molecule has 0 aromatic carbocycles. The van der Waals surface area contributed by atoms with Gasteiger partial charge in [0, 0.05) is 26.2 Å². The molecule has 0 bridgehead atoms. The SMILES string of the molecule is CCCCCNC(=O)c1nc(C(=O)N2CCCCC2)n2c1CCCC2. The molecule has 1 fully saturated rings. The molecule has 2 aliphatic rings. The number of unbranched alkanes of at least 4 members (excludes halogenated alkanes) is 2. The first-order valence-corrected chi connectivity index (χ1v) is 9.89. The number of nitrogens with zero attached hydrogens (tertiary/aromatic N) is 3. The second kappa shape index (κ2) is 8.50. The summed E-state index contributed by atoms with van der Waals surface area (Å²) in [5.41, 5.74) is 1.41. The van der Waals surface area contributed by atoms with E-state index in [-0.39, 0.29) is 11.8 Å². The van der Waals surface area contributed by atoms with E-state index >= 15 is 0 Å². The lowest BCUT2D eigenvalue weighted by atomic mass is 10.1.